The first-order valence-corrected chi connectivity index (χ1v) is 9.97. The van der Waals surface area contributed by atoms with Crippen molar-refractivity contribution in [3.63, 3.8) is 0 Å². The van der Waals surface area contributed by atoms with Gasteiger partial charge < -0.3 is 15.4 Å². The standard InChI is InChI=1S/C23H25F2N3O3/c1-14(2)23(24,25)13-31-19-7-4-16(10-15(19)3)12-27-21(29)18-8-9-26-20(11-18)28-22(30)17-5-6-17/h4,7-11,17H,1,5-6,12-13H2,2-3H3,(H,27,29)(H,26,28,30). The lowest BCUT2D eigenvalue weighted by Gasteiger charge is -2.18. The van der Waals surface area contributed by atoms with Gasteiger partial charge in [0.2, 0.25) is 5.91 Å². The molecule has 1 aliphatic rings. The highest BCUT2D eigenvalue weighted by Gasteiger charge is 2.31. The monoisotopic (exact) mass is 429 g/mol. The summed E-state index contributed by atoms with van der Waals surface area (Å²) in [6.45, 7) is 5.75. The number of benzene rings is 1. The number of pyridine rings is 1. The van der Waals surface area contributed by atoms with E-state index in [9.17, 15) is 18.4 Å². The van der Waals surface area contributed by atoms with Gasteiger partial charge in [-0.15, -0.1) is 0 Å². The molecule has 0 aliphatic heterocycles. The van der Waals surface area contributed by atoms with E-state index in [-0.39, 0.29) is 29.9 Å². The van der Waals surface area contributed by atoms with Gasteiger partial charge in [-0.2, -0.15) is 8.78 Å². The van der Waals surface area contributed by atoms with E-state index in [0.29, 0.717) is 22.7 Å². The van der Waals surface area contributed by atoms with Crippen LogP contribution in [0.5, 0.6) is 5.75 Å². The van der Waals surface area contributed by atoms with Crippen LogP contribution < -0.4 is 15.4 Å². The molecule has 8 heteroatoms. The molecule has 31 heavy (non-hydrogen) atoms. The Bertz CT molecular complexity index is 1000. The zero-order chi connectivity index (χ0) is 22.6. The van der Waals surface area contributed by atoms with Crippen LogP contribution in [0.25, 0.3) is 0 Å². The first kappa shape index (κ1) is 22.4. The molecule has 0 radical (unpaired) electrons. The summed E-state index contributed by atoms with van der Waals surface area (Å²) in [7, 11) is 0. The third-order valence-corrected chi connectivity index (χ3v) is 4.95. The van der Waals surface area contributed by atoms with Crippen molar-refractivity contribution in [3.8, 4) is 5.75 Å². The van der Waals surface area contributed by atoms with Gasteiger partial charge in [0.15, 0.2) is 6.61 Å². The number of aromatic nitrogens is 1. The topological polar surface area (TPSA) is 80.3 Å². The Labute approximate surface area is 179 Å². The SMILES string of the molecule is C=C(C)C(F)(F)COc1ccc(CNC(=O)c2ccnc(NC(=O)C3CC3)c2)cc1C. The molecule has 1 aromatic heterocycles. The predicted octanol–water partition coefficient (Wildman–Crippen LogP) is 4.26. The van der Waals surface area contributed by atoms with Crippen LogP contribution in [0, 0.1) is 12.8 Å². The number of halogens is 2. The summed E-state index contributed by atoms with van der Waals surface area (Å²) in [6.07, 6.45) is 3.23. The highest BCUT2D eigenvalue weighted by molar-refractivity contribution is 5.97. The van der Waals surface area contributed by atoms with Crippen LogP contribution in [0.2, 0.25) is 0 Å². The molecular formula is C23H25F2N3O3. The molecule has 0 atom stereocenters. The Morgan fingerprint density at radius 1 is 1.26 bits per heavy atom. The van der Waals surface area contributed by atoms with Crippen molar-refractivity contribution in [3.05, 3.63) is 65.4 Å². The molecule has 6 nitrogen and oxygen atoms in total. The van der Waals surface area contributed by atoms with Crippen LogP contribution >= 0.6 is 0 Å². The van der Waals surface area contributed by atoms with Crippen LogP contribution in [0.15, 0.2) is 48.7 Å². The van der Waals surface area contributed by atoms with Crippen molar-refractivity contribution in [2.45, 2.75) is 39.2 Å². The first-order chi connectivity index (χ1) is 14.7. The van der Waals surface area contributed by atoms with Gasteiger partial charge in [0, 0.05) is 24.2 Å². The number of amides is 2. The molecule has 164 valence electrons. The molecule has 2 N–H and O–H groups in total. The number of nitrogens with zero attached hydrogens (tertiary/aromatic N) is 1. The number of ether oxygens (including phenoxy) is 1. The maximum absolute atomic E-state index is 13.7. The molecule has 2 aromatic rings. The summed E-state index contributed by atoms with van der Waals surface area (Å²) in [5, 5.41) is 5.51. The fourth-order valence-electron chi connectivity index (χ4n) is 2.77. The molecule has 0 bridgehead atoms. The van der Waals surface area contributed by atoms with E-state index in [1.54, 1.807) is 31.2 Å². The third-order valence-electron chi connectivity index (χ3n) is 4.95. The van der Waals surface area contributed by atoms with Gasteiger partial charge >= 0.3 is 5.92 Å². The maximum Gasteiger partial charge on any atom is 0.302 e. The molecule has 1 heterocycles. The summed E-state index contributed by atoms with van der Waals surface area (Å²) < 4.78 is 32.5. The summed E-state index contributed by atoms with van der Waals surface area (Å²) in [4.78, 5) is 28.4. The van der Waals surface area contributed by atoms with E-state index in [4.69, 9.17) is 4.74 Å². The number of carbonyl (C=O) groups excluding carboxylic acids is 2. The third kappa shape index (κ3) is 6.10. The molecular weight excluding hydrogens is 404 g/mol. The lowest BCUT2D eigenvalue weighted by atomic mass is 10.1. The Kier molecular flexibility index (Phi) is 6.68. The van der Waals surface area contributed by atoms with E-state index in [1.807, 2.05) is 0 Å². The molecule has 1 aromatic carbocycles. The predicted molar refractivity (Wildman–Crippen MR) is 113 cm³/mol. The summed E-state index contributed by atoms with van der Waals surface area (Å²) in [5.41, 5.74) is 1.59. The van der Waals surface area contributed by atoms with E-state index in [1.165, 1.54) is 19.2 Å². The number of hydrogen-bond donors (Lipinski definition) is 2. The highest BCUT2D eigenvalue weighted by atomic mass is 19.3. The zero-order valence-corrected chi connectivity index (χ0v) is 17.5. The molecule has 1 fully saturated rings. The summed E-state index contributed by atoms with van der Waals surface area (Å²) in [6, 6.07) is 8.16. The van der Waals surface area contributed by atoms with E-state index >= 15 is 0 Å². The number of carbonyl (C=O) groups is 2. The molecule has 0 saturated heterocycles. The first-order valence-electron chi connectivity index (χ1n) is 9.97. The maximum atomic E-state index is 13.7. The van der Waals surface area contributed by atoms with Crippen LogP contribution in [-0.4, -0.2) is 29.3 Å². The Morgan fingerprint density at radius 3 is 2.65 bits per heavy atom. The highest BCUT2D eigenvalue weighted by Crippen LogP contribution is 2.30. The van der Waals surface area contributed by atoms with Crippen molar-refractivity contribution in [2.75, 3.05) is 11.9 Å². The van der Waals surface area contributed by atoms with Crippen LogP contribution in [0.3, 0.4) is 0 Å². The zero-order valence-electron chi connectivity index (χ0n) is 17.5. The number of hydrogen-bond acceptors (Lipinski definition) is 4. The second-order valence-electron chi connectivity index (χ2n) is 7.75. The normalized spacial score (nSPS) is 13.4. The average Bonchev–Trinajstić information content (AvgIpc) is 3.57. The Balaban J connectivity index is 1.56. The summed E-state index contributed by atoms with van der Waals surface area (Å²) in [5.74, 6) is -2.76. The minimum absolute atomic E-state index is 0.0431. The fourth-order valence-corrected chi connectivity index (χ4v) is 2.77. The van der Waals surface area contributed by atoms with Crippen molar-refractivity contribution >= 4 is 17.6 Å². The number of nitrogens with one attached hydrogen (secondary N) is 2. The number of alkyl halides is 2. The van der Waals surface area contributed by atoms with Gasteiger partial charge in [-0.3, -0.25) is 9.59 Å². The van der Waals surface area contributed by atoms with Crippen molar-refractivity contribution < 1.29 is 23.1 Å². The minimum Gasteiger partial charge on any atom is -0.487 e. The Morgan fingerprint density at radius 2 is 2.00 bits per heavy atom. The molecule has 0 spiro atoms. The van der Waals surface area contributed by atoms with E-state index < -0.39 is 12.5 Å². The van der Waals surface area contributed by atoms with Gasteiger partial charge in [-0.05, 0) is 61.6 Å². The van der Waals surface area contributed by atoms with Crippen molar-refractivity contribution in [2.24, 2.45) is 5.92 Å². The van der Waals surface area contributed by atoms with Gasteiger partial charge in [0.05, 0.1) is 0 Å². The van der Waals surface area contributed by atoms with Crippen LogP contribution in [-0.2, 0) is 11.3 Å². The minimum atomic E-state index is -3.10. The number of rotatable bonds is 9. The van der Waals surface area contributed by atoms with E-state index in [2.05, 4.69) is 22.2 Å². The average molecular weight is 429 g/mol. The number of anilines is 1. The quantitative estimate of drug-likeness (QED) is 0.584. The largest absolute Gasteiger partial charge is 0.487 e. The molecule has 3 rings (SSSR count). The van der Waals surface area contributed by atoms with Gasteiger partial charge in [0.1, 0.15) is 11.6 Å². The molecule has 1 aliphatic carbocycles. The van der Waals surface area contributed by atoms with Gasteiger partial charge in [0.25, 0.3) is 5.91 Å². The number of aryl methyl sites for hydroxylation is 1. The second kappa shape index (κ2) is 9.24. The second-order valence-corrected chi connectivity index (χ2v) is 7.75. The lowest BCUT2D eigenvalue weighted by molar-refractivity contribution is -0.117. The molecule has 2 amide bonds. The van der Waals surface area contributed by atoms with Gasteiger partial charge in [-0.1, -0.05) is 18.7 Å². The van der Waals surface area contributed by atoms with Crippen LogP contribution in [0.4, 0.5) is 14.6 Å². The van der Waals surface area contributed by atoms with E-state index in [0.717, 1.165) is 18.4 Å². The Hall–Kier alpha value is -3.29. The van der Waals surface area contributed by atoms with Crippen LogP contribution in [0.1, 0.15) is 41.3 Å². The summed E-state index contributed by atoms with van der Waals surface area (Å²) >= 11 is 0. The smallest absolute Gasteiger partial charge is 0.302 e. The molecule has 0 unspecified atom stereocenters. The lowest BCUT2D eigenvalue weighted by Crippen LogP contribution is -2.26. The fraction of sp³-hybridized carbons (Fsp3) is 0.348. The van der Waals surface area contributed by atoms with Crippen molar-refractivity contribution in [1.29, 1.82) is 0 Å². The molecule has 1 saturated carbocycles. The van der Waals surface area contributed by atoms with Gasteiger partial charge in [-0.25, -0.2) is 4.98 Å². The van der Waals surface area contributed by atoms with Crippen molar-refractivity contribution in [1.82, 2.24) is 10.3 Å².